The highest BCUT2D eigenvalue weighted by Gasteiger charge is 2.50. The average molecular weight is 391 g/mol. The molecule has 3 aliphatic heterocycles. The van der Waals surface area contributed by atoms with Gasteiger partial charge in [0.05, 0.1) is 6.04 Å². The van der Waals surface area contributed by atoms with Crippen LogP contribution in [0.3, 0.4) is 0 Å². The van der Waals surface area contributed by atoms with Crippen molar-refractivity contribution in [3.05, 3.63) is 0 Å². The summed E-state index contributed by atoms with van der Waals surface area (Å²) in [6, 6.07) is -2.50. The van der Waals surface area contributed by atoms with Crippen LogP contribution in [0.4, 0.5) is 4.79 Å². The molecule has 1 unspecified atom stereocenters. The van der Waals surface area contributed by atoms with E-state index >= 15 is 0 Å². The molecule has 26 heavy (non-hydrogen) atoms. The molecule has 4 amide bonds. The van der Waals surface area contributed by atoms with E-state index in [0.29, 0.717) is 10.1 Å². The number of hydrogen-bond acceptors (Lipinski definition) is 8. The number of piperidine rings is 1. The molecule has 12 nitrogen and oxygen atoms in total. The van der Waals surface area contributed by atoms with Gasteiger partial charge in [-0.1, -0.05) is 0 Å². The molecule has 4 N–H and O–H groups in total. The van der Waals surface area contributed by atoms with Crippen molar-refractivity contribution in [3.63, 3.8) is 0 Å². The van der Waals surface area contributed by atoms with Crippen molar-refractivity contribution in [2.75, 3.05) is 13.1 Å². The molecule has 3 atom stereocenters. The Balaban J connectivity index is 1.65. The van der Waals surface area contributed by atoms with E-state index in [1.807, 2.05) is 0 Å². The van der Waals surface area contributed by atoms with E-state index in [2.05, 4.69) is 9.60 Å². The van der Waals surface area contributed by atoms with Crippen molar-refractivity contribution >= 4 is 28.2 Å². The van der Waals surface area contributed by atoms with E-state index in [0.717, 1.165) is 24.3 Å². The number of carbonyl (C=O) groups is 3. The third-order valence-electron chi connectivity index (χ3n) is 4.87. The van der Waals surface area contributed by atoms with Crippen LogP contribution in [0.1, 0.15) is 32.1 Å². The van der Waals surface area contributed by atoms with Crippen LogP contribution in [0.25, 0.3) is 0 Å². The van der Waals surface area contributed by atoms with E-state index in [4.69, 9.17) is 10.4 Å². The molecule has 0 saturated carbocycles. The Kier molecular flexibility index (Phi) is 5.16. The molecule has 13 heteroatoms. The number of amides is 4. The van der Waals surface area contributed by atoms with Crippen molar-refractivity contribution in [1.29, 1.82) is 0 Å². The molecule has 3 fully saturated rings. The maximum Gasteiger partial charge on any atom is 0.418 e. The van der Waals surface area contributed by atoms with Crippen LogP contribution in [-0.4, -0.2) is 77.0 Å². The van der Waals surface area contributed by atoms with Crippen LogP contribution in [-0.2, 0) is 24.3 Å². The summed E-state index contributed by atoms with van der Waals surface area (Å²) in [6.07, 6.45) is 2.32. The lowest BCUT2D eigenvalue weighted by Crippen LogP contribution is -2.55. The van der Waals surface area contributed by atoms with Crippen LogP contribution in [0, 0.1) is 0 Å². The van der Waals surface area contributed by atoms with E-state index in [9.17, 15) is 22.8 Å². The van der Waals surface area contributed by atoms with Gasteiger partial charge in [0.25, 0.3) is 5.91 Å². The number of urea groups is 1. The van der Waals surface area contributed by atoms with Gasteiger partial charge in [0.2, 0.25) is 5.91 Å². The summed E-state index contributed by atoms with van der Waals surface area (Å²) in [4.78, 5) is 38.2. The number of hydroxylamine groups is 2. The fourth-order valence-electron chi connectivity index (χ4n) is 3.61. The number of nitrogens with zero attached hydrogens (tertiary/aromatic N) is 3. The number of carbonyl (C=O) groups excluding carboxylic acids is 3. The quantitative estimate of drug-likeness (QED) is 0.216. The number of imide groups is 1. The normalized spacial score (nSPS) is 28.5. The monoisotopic (exact) mass is 391 g/mol. The highest BCUT2D eigenvalue weighted by Crippen LogP contribution is 2.31. The van der Waals surface area contributed by atoms with Gasteiger partial charge in [0, 0.05) is 19.0 Å². The summed E-state index contributed by atoms with van der Waals surface area (Å²) >= 11 is 0. The fraction of sp³-hybridized carbons (Fsp3) is 0.769. The third-order valence-corrected chi connectivity index (χ3v) is 5.22. The van der Waals surface area contributed by atoms with Crippen molar-refractivity contribution < 1.29 is 31.6 Å². The van der Waals surface area contributed by atoms with Crippen LogP contribution in [0.15, 0.2) is 0 Å². The zero-order valence-electron chi connectivity index (χ0n) is 13.9. The number of rotatable bonds is 5. The Morgan fingerprint density at radius 2 is 2.08 bits per heavy atom. The van der Waals surface area contributed by atoms with E-state index < -0.39 is 40.3 Å². The van der Waals surface area contributed by atoms with Gasteiger partial charge in [0.1, 0.15) is 6.04 Å². The molecular weight excluding hydrogens is 370 g/mol. The van der Waals surface area contributed by atoms with Gasteiger partial charge in [-0.25, -0.2) is 15.6 Å². The number of hydrogen-bond donors (Lipinski definition) is 3. The molecule has 0 radical (unpaired) electrons. The Morgan fingerprint density at radius 1 is 1.35 bits per heavy atom. The summed E-state index contributed by atoms with van der Waals surface area (Å²) < 4.78 is 34.8. The third kappa shape index (κ3) is 3.81. The van der Waals surface area contributed by atoms with Gasteiger partial charge in [-0.15, -0.1) is 4.28 Å². The topological polar surface area (TPSA) is 163 Å². The van der Waals surface area contributed by atoms with E-state index in [1.165, 1.54) is 0 Å². The highest BCUT2D eigenvalue weighted by atomic mass is 32.3. The maximum atomic E-state index is 12.6. The molecule has 0 aromatic carbocycles. The van der Waals surface area contributed by atoms with Gasteiger partial charge in [-0.2, -0.15) is 13.5 Å². The molecule has 3 aliphatic rings. The molecule has 0 aliphatic carbocycles. The smallest absolute Gasteiger partial charge is 0.313 e. The van der Waals surface area contributed by atoms with Crippen LogP contribution < -0.4 is 11.2 Å². The molecule has 3 heterocycles. The average Bonchev–Trinajstić information content (AvgIpc) is 3.16. The molecule has 0 aromatic rings. The van der Waals surface area contributed by atoms with E-state index in [-0.39, 0.29) is 31.8 Å². The van der Waals surface area contributed by atoms with Gasteiger partial charge in [-0.05, 0) is 32.2 Å². The van der Waals surface area contributed by atoms with Crippen LogP contribution in [0.2, 0.25) is 0 Å². The SMILES string of the molecule is NN(C(=O)CC1CCCN1)C(=O)[C@@H]1CC[C@@H]2CN1C(=O)N2OS(=O)(=O)O. The largest absolute Gasteiger partial charge is 0.418 e. The summed E-state index contributed by atoms with van der Waals surface area (Å²) in [7, 11) is -4.86. The minimum atomic E-state index is -4.86. The number of nitrogens with two attached hydrogens (primary N) is 1. The molecule has 0 aromatic heterocycles. The summed E-state index contributed by atoms with van der Waals surface area (Å²) in [6.45, 7) is 0.851. The molecule has 0 spiro atoms. The van der Waals surface area contributed by atoms with Crippen LogP contribution in [0.5, 0.6) is 0 Å². The maximum absolute atomic E-state index is 12.6. The second kappa shape index (κ2) is 7.08. The van der Waals surface area contributed by atoms with Gasteiger partial charge in [-0.3, -0.25) is 14.1 Å². The first-order valence-corrected chi connectivity index (χ1v) is 9.65. The first-order valence-electron chi connectivity index (χ1n) is 8.29. The molecule has 3 rings (SSSR count). The van der Waals surface area contributed by atoms with Gasteiger partial charge < -0.3 is 10.2 Å². The molecular formula is C13H21N5O7S. The van der Waals surface area contributed by atoms with Crippen molar-refractivity contribution in [2.24, 2.45) is 5.84 Å². The van der Waals surface area contributed by atoms with Crippen molar-refractivity contribution in [3.8, 4) is 0 Å². The zero-order chi connectivity index (χ0) is 19.1. The lowest BCUT2D eigenvalue weighted by Gasteiger charge is -2.31. The van der Waals surface area contributed by atoms with Crippen LogP contribution >= 0.6 is 0 Å². The van der Waals surface area contributed by atoms with Crippen molar-refractivity contribution in [2.45, 2.75) is 50.2 Å². The van der Waals surface area contributed by atoms with Crippen molar-refractivity contribution in [1.82, 2.24) is 20.3 Å². The Labute approximate surface area is 150 Å². The number of nitrogens with one attached hydrogen (secondary N) is 1. The Bertz CT molecular complexity index is 708. The first-order chi connectivity index (χ1) is 12.2. The minimum Gasteiger partial charge on any atom is -0.313 e. The standard InChI is InChI=1S/C13H21N5O7S/c14-17(11(19)6-8-2-1-5-15-8)12(20)10-4-3-9-7-16(10)13(21)18(9)25-26(22,23)24/h8-10,15H,1-7,14H2,(H,22,23,24)/t8?,9-,10+/m1/s1. The first kappa shape index (κ1) is 19.0. The minimum absolute atomic E-state index is 0.0239. The summed E-state index contributed by atoms with van der Waals surface area (Å²) in [5, 5.41) is 4.21. The Hall–Kier alpha value is -1.80. The predicted molar refractivity (Wildman–Crippen MR) is 85.1 cm³/mol. The lowest BCUT2D eigenvalue weighted by atomic mass is 10.00. The predicted octanol–water partition coefficient (Wildman–Crippen LogP) is -1.64. The molecule has 2 bridgehead atoms. The lowest BCUT2D eigenvalue weighted by molar-refractivity contribution is -0.148. The number of fused-ring (bicyclic) bond motifs is 2. The van der Waals surface area contributed by atoms with E-state index in [1.54, 1.807) is 0 Å². The summed E-state index contributed by atoms with van der Waals surface area (Å²) in [5.41, 5.74) is 0. The summed E-state index contributed by atoms with van der Waals surface area (Å²) in [5.74, 6) is 4.39. The zero-order valence-corrected chi connectivity index (χ0v) is 14.7. The highest BCUT2D eigenvalue weighted by molar-refractivity contribution is 7.80. The second-order valence-corrected chi connectivity index (χ2v) is 7.61. The van der Waals surface area contributed by atoms with Gasteiger partial charge >= 0.3 is 16.4 Å². The second-order valence-electron chi connectivity index (χ2n) is 6.61. The Morgan fingerprint density at radius 3 is 2.69 bits per heavy atom. The number of hydrazine groups is 1. The molecule has 146 valence electrons. The fourth-order valence-corrected chi connectivity index (χ4v) is 4.00. The molecule has 3 saturated heterocycles. The van der Waals surface area contributed by atoms with Gasteiger partial charge in [0.15, 0.2) is 0 Å².